The molecule has 0 unspecified atom stereocenters. The average molecular weight is 263 g/mol. The van der Waals surface area contributed by atoms with Crippen molar-refractivity contribution in [2.45, 2.75) is 51.0 Å². The number of hydrogen-bond acceptors (Lipinski definition) is 3. The molecule has 3 fully saturated rings. The van der Waals surface area contributed by atoms with Crippen LogP contribution in [0.3, 0.4) is 0 Å². The van der Waals surface area contributed by atoms with Crippen molar-refractivity contribution in [2.75, 3.05) is 13.1 Å². The summed E-state index contributed by atoms with van der Waals surface area (Å²) in [5.41, 5.74) is -0.411. The van der Waals surface area contributed by atoms with Crippen LogP contribution in [0.25, 0.3) is 0 Å². The lowest BCUT2D eigenvalue weighted by Crippen LogP contribution is -2.33. The first-order valence-electron chi connectivity index (χ1n) is 6.97. The maximum absolute atomic E-state index is 11.7. The maximum atomic E-state index is 11.7. The van der Waals surface area contributed by atoms with Gasteiger partial charge in [0.1, 0.15) is 5.54 Å². The summed E-state index contributed by atoms with van der Waals surface area (Å²) >= 11 is 0. The summed E-state index contributed by atoms with van der Waals surface area (Å²) in [6, 6.07) is 2.01. The molecule has 0 radical (unpaired) electrons. The predicted molar refractivity (Wildman–Crippen MR) is 69.9 cm³/mol. The van der Waals surface area contributed by atoms with E-state index in [0.29, 0.717) is 12.3 Å². The van der Waals surface area contributed by atoms with Gasteiger partial charge in [0.25, 0.3) is 0 Å². The molecule has 5 nitrogen and oxygen atoms in total. The molecule has 5 heteroatoms. The molecule has 1 saturated heterocycles. The van der Waals surface area contributed by atoms with Gasteiger partial charge in [0, 0.05) is 18.5 Å². The van der Waals surface area contributed by atoms with E-state index in [4.69, 9.17) is 5.26 Å². The number of nitrogens with one attached hydrogen (secondary N) is 1. The van der Waals surface area contributed by atoms with Crippen LogP contribution in [0.5, 0.6) is 0 Å². The number of rotatable bonds is 3. The third-order valence-corrected chi connectivity index (χ3v) is 4.21. The van der Waals surface area contributed by atoms with Crippen LogP contribution in [0.1, 0.15) is 45.4 Å². The second kappa shape index (κ2) is 5.20. The summed E-state index contributed by atoms with van der Waals surface area (Å²) in [5, 5.41) is 10.8. The van der Waals surface area contributed by atoms with E-state index < -0.39 is 5.54 Å². The van der Waals surface area contributed by atoms with E-state index in [1.807, 2.05) is 11.0 Å². The minimum Gasteiger partial charge on any atom is -0.342 e. The zero-order valence-electron chi connectivity index (χ0n) is 11.4. The fourth-order valence-electron chi connectivity index (χ4n) is 2.23. The molecule has 19 heavy (non-hydrogen) atoms. The molecule has 2 amide bonds. The van der Waals surface area contributed by atoms with E-state index in [9.17, 15) is 9.59 Å². The van der Waals surface area contributed by atoms with Crippen molar-refractivity contribution in [3.63, 3.8) is 0 Å². The Morgan fingerprint density at radius 2 is 1.84 bits per heavy atom. The van der Waals surface area contributed by atoms with Crippen molar-refractivity contribution < 1.29 is 9.59 Å². The minimum absolute atomic E-state index is 0.0599. The second-order valence-electron chi connectivity index (χ2n) is 6.02. The van der Waals surface area contributed by atoms with Crippen LogP contribution in [0.15, 0.2) is 0 Å². The Kier molecular flexibility index (Phi) is 3.79. The molecule has 1 N–H and O–H groups in total. The summed E-state index contributed by atoms with van der Waals surface area (Å²) < 4.78 is 0. The quantitative estimate of drug-likeness (QED) is 0.777. The van der Waals surface area contributed by atoms with Gasteiger partial charge < -0.3 is 10.2 Å². The highest BCUT2D eigenvalue weighted by Crippen LogP contribution is 2.46. The van der Waals surface area contributed by atoms with Crippen LogP contribution in [0.4, 0.5) is 0 Å². The SMILES string of the molecule is CC1(C(=O)N2CCCC2)CC1.N#CC1(NC=O)CC1. The van der Waals surface area contributed by atoms with Crippen LogP contribution >= 0.6 is 0 Å². The molecule has 3 rings (SSSR count). The van der Waals surface area contributed by atoms with Crippen LogP contribution in [0.2, 0.25) is 0 Å². The van der Waals surface area contributed by atoms with E-state index in [2.05, 4.69) is 12.2 Å². The number of carbonyl (C=O) groups excluding carboxylic acids is 2. The molecule has 0 bridgehead atoms. The van der Waals surface area contributed by atoms with Gasteiger partial charge >= 0.3 is 0 Å². The molecule has 2 saturated carbocycles. The van der Waals surface area contributed by atoms with Gasteiger partial charge in [-0.05, 0) is 38.5 Å². The molecule has 2 aliphatic carbocycles. The number of carbonyl (C=O) groups is 2. The normalized spacial score (nSPS) is 24.5. The zero-order valence-corrected chi connectivity index (χ0v) is 11.4. The Labute approximate surface area is 113 Å². The summed E-state index contributed by atoms with van der Waals surface area (Å²) in [4.78, 5) is 23.4. The van der Waals surface area contributed by atoms with Crippen molar-refractivity contribution in [3.05, 3.63) is 0 Å². The minimum atomic E-state index is -0.470. The molecule has 0 aromatic carbocycles. The number of nitrogens with zero attached hydrogens (tertiary/aromatic N) is 2. The van der Waals surface area contributed by atoms with Crippen LogP contribution in [0, 0.1) is 16.7 Å². The van der Waals surface area contributed by atoms with Gasteiger partial charge in [0.2, 0.25) is 12.3 Å². The Morgan fingerprint density at radius 3 is 2.16 bits per heavy atom. The maximum Gasteiger partial charge on any atom is 0.228 e. The third kappa shape index (κ3) is 3.25. The monoisotopic (exact) mass is 263 g/mol. The Bertz CT molecular complexity index is 399. The van der Waals surface area contributed by atoms with E-state index in [1.54, 1.807) is 0 Å². The molecule has 0 spiro atoms. The van der Waals surface area contributed by atoms with Gasteiger partial charge in [-0.1, -0.05) is 6.92 Å². The van der Waals surface area contributed by atoms with Gasteiger partial charge in [0.05, 0.1) is 6.07 Å². The largest absolute Gasteiger partial charge is 0.342 e. The van der Waals surface area contributed by atoms with Crippen molar-refractivity contribution in [2.24, 2.45) is 5.41 Å². The van der Waals surface area contributed by atoms with Crippen LogP contribution < -0.4 is 5.32 Å². The van der Waals surface area contributed by atoms with E-state index in [1.165, 1.54) is 12.8 Å². The van der Waals surface area contributed by atoms with Gasteiger partial charge in [-0.3, -0.25) is 9.59 Å². The van der Waals surface area contributed by atoms with Crippen LogP contribution in [-0.2, 0) is 9.59 Å². The van der Waals surface area contributed by atoms with Gasteiger partial charge in [-0.2, -0.15) is 5.26 Å². The molecular formula is C14H21N3O2. The summed E-state index contributed by atoms with van der Waals surface area (Å²) in [6.07, 6.45) is 6.84. The van der Waals surface area contributed by atoms with Crippen molar-refractivity contribution in [1.29, 1.82) is 5.26 Å². The molecular weight excluding hydrogens is 242 g/mol. The first-order valence-corrected chi connectivity index (χ1v) is 6.97. The molecule has 104 valence electrons. The van der Waals surface area contributed by atoms with Crippen molar-refractivity contribution in [1.82, 2.24) is 10.2 Å². The number of hydrogen-bond donors (Lipinski definition) is 1. The molecule has 3 aliphatic rings. The molecule has 0 aromatic rings. The number of likely N-dealkylation sites (tertiary alicyclic amines) is 1. The standard InChI is InChI=1S/C9H15NO.C5H6N2O/c1-9(4-5-9)8(11)10-6-2-3-7-10;6-3-5(1-2-5)7-4-8/h2-7H2,1H3;4H,1-2H2,(H,7,8). The summed E-state index contributed by atoms with van der Waals surface area (Å²) in [5.74, 6) is 0.412. The summed E-state index contributed by atoms with van der Waals surface area (Å²) in [6.45, 7) is 4.11. The highest BCUT2D eigenvalue weighted by Gasteiger charge is 2.47. The van der Waals surface area contributed by atoms with E-state index in [-0.39, 0.29) is 5.41 Å². The van der Waals surface area contributed by atoms with Gasteiger partial charge in [-0.15, -0.1) is 0 Å². The first-order chi connectivity index (χ1) is 9.05. The third-order valence-electron chi connectivity index (χ3n) is 4.21. The van der Waals surface area contributed by atoms with Gasteiger partial charge in [-0.25, -0.2) is 0 Å². The Morgan fingerprint density at radius 1 is 1.26 bits per heavy atom. The lowest BCUT2D eigenvalue weighted by molar-refractivity contribution is -0.135. The smallest absolute Gasteiger partial charge is 0.228 e. The van der Waals surface area contributed by atoms with Crippen LogP contribution in [-0.4, -0.2) is 35.8 Å². The molecule has 0 aromatic heterocycles. The predicted octanol–water partition coefficient (Wildman–Crippen LogP) is 1.20. The fraction of sp³-hybridized carbons (Fsp3) is 0.786. The van der Waals surface area contributed by atoms with Crippen molar-refractivity contribution in [3.8, 4) is 6.07 Å². The second-order valence-corrected chi connectivity index (χ2v) is 6.02. The van der Waals surface area contributed by atoms with Gasteiger partial charge in [0.15, 0.2) is 0 Å². The Hall–Kier alpha value is -1.57. The van der Waals surface area contributed by atoms with Crippen molar-refractivity contribution >= 4 is 12.3 Å². The topological polar surface area (TPSA) is 73.2 Å². The highest BCUT2D eigenvalue weighted by molar-refractivity contribution is 5.85. The fourth-order valence-corrected chi connectivity index (χ4v) is 2.23. The molecule has 1 heterocycles. The lowest BCUT2D eigenvalue weighted by Gasteiger charge is -2.19. The highest BCUT2D eigenvalue weighted by atomic mass is 16.2. The number of amides is 2. The molecule has 1 aliphatic heterocycles. The molecule has 0 atom stereocenters. The van der Waals surface area contributed by atoms with E-state index >= 15 is 0 Å². The zero-order chi connectivity index (χ0) is 13.9. The number of nitriles is 1. The Balaban J connectivity index is 0.000000148. The first kappa shape index (κ1) is 13.9. The summed E-state index contributed by atoms with van der Waals surface area (Å²) in [7, 11) is 0. The van der Waals surface area contributed by atoms with E-state index in [0.717, 1.165) is 38.8 Å². The average Bonchev–Trinajstić information content (AvgIpc) is 3.30. The lowest BCUT2D eigenvalue weighted by atomic mass is 10.1.